The molecular formula is C14H17N3O3S. The average Bonchev–Trinajstić information content (AvgIpc) is 3.01. The Labute approximate surface area is 124 Å². The van der Waals surface area contributed by atoms with Crippen molar-refractivity contribution < 1.29 is 13.2 Å². The molecule has 0 saturated heterocycles. The lowest BCUT2D eigenvalue weighted by Gasteiger charge is -2.16. The Hall–Kier alpha value is -2.12. The monoisotopic (exact) mass is 307 g/mol. The quantitative estimate of drug-likeness (QED) is 0.791. The first kappa shape index (κ1) is 15.3. The number of hydrogen-bond acceptors (Lipinski definition) is 4. The molecule has 0 unspecified atom stereocenters. The van der Waals surface area contributed by atoms with Crippen LogP contribution in [0.1, 0.15) is 5.56 Å². The summed E-state index contributed by atoms with van der Waals surface area (Å²) >= 11 is 0. The second-order valence-corrected chi connectivity index (χ2v) is 6.48. The second kappa shape index (κ2) is 6.55. The molecule has 1 N–H and O–H groups in total. The summed E-state index contributed by atoms with van der Waals surface area (Å²) < 4.78 is 31.1. The molecule has 0 atom stereocenters. The van der Waals surface area contributed by atoms with Gasteiger partial charge >= 0.3 is 0 Å². The molecule has 0 bridgehead atoms. The van der Waals surface area contributed by atoms with E-state index in [1.165, 1.54) is 23.7 Å². The van der Waals surface area contributed by atoms with E-state index in [9.17, 15) is 8.42 Å². The van der Waals surface area contributed by atoms with Crippen LogP contribution in [0.15, 0.2) is 54.2 Å². The van der Waals surface area contributed by atoms with Crippen molar-refractivity contribution in [1.29, 1.82) is 0 Å². The van der Waals surface area contributed by atoms with Crippen molar-refractivity contribution in [2.24, 2.45) is 0 Å². The van der Waals surface area contributed by atoms with E-state index >= 15 is 0 Å². The number of rotatable bonds is 7. The van der Waals surface area contributed by atoms with Gasteiger partial charge in [-0.1, -0.05) is 24.8 Å². The molecule has 0 spiro atoms. The molecule has 0 aliphatic heterocycles. The van der Waals surface area contributed by atoms with Gasteiger partial charge in [-0.2, -0.15) is 9.40 Å². The molecule has 2 aromatic rings. The Bertz CT molecular complexity index is 679. The van der Waals surface area contributed by atoms with Gasteiger partial charge in [0.05, 0.1) is 6.20 Å². The highest BCUT2D eigenvalue weighted by Crippen LogP contribution is 2.17. The van der Waals surface area contributed by atoms with Crippen LogP contribution in [0.3, 0.4) is 0 Å². The summed E-state index contributed by atoms with van der Waals surface area (Å²) in [6.07, 6.45) is 4.31. The van der Waals surface area contributed by atoms with Gasteiger partial charge in [0.1, 0.15) is 17.3 Å². The van der Waals surface area contributed by atoms with Gasteiger partial charge in [0.2, 0.25) is 10.0 Å². The maximum Gasteiger partial charge on any atom is 0.246 e. The van der Waals surface area contributed by atoms with E-state index in [1.807, 2.05) is 12.1 Å². The molecule has 0 fully saturated rings. The molecule has 1 aromatic heterocycles. The number of H-pyrrole nitrogens is 1. The second-order valence-electron chi connectivity index (χ2n) is 4.44. The highest BCUT2D eigenvalue weighted by atomic mass is 32.2. The lowest BCUT2D eigenvalue weighted by molar-refractivity contribution is 0.363. The summed E-state index contributed by atoms with van der Waals surface area (Å²) in [5, 5.41) is 6.16. The van der Waals surface area contributed by atoms with Gasteiger partial charge in [-0.25, -0.2) is 8.42 Å². The zero-order valence-corrected chi connectivity index (χ0v) is 12.5. The SMILES string of the molecule is C=CCOc1ccc(CN(C)S(=O)(=O)c2cn[nH]c2)cc1. The number of nitrogens with one attached hydrogen (secondary N) is 1. The van der Waals surface area contributed by atoms with Crippen molar-refractivity contribution in [3.05, 3.63) is 54.9 Å². The molecule has 0 saturated carbocycles. The zero-order valence-electron chi connectivity index (χ0n) is 11.7. The summed E-state index contributed by atoms with van der Waals surface area (Å²) in [7, 11) is -1.99. The smallest absolute Gasteiger partial charge is 0.246 e. The standard InChI is InChI=1S/C14H17N3O3S/c1-3-8-20-13-6-4-12(5-7-13)11-17(2)21(18,19)14-9-15-16-10-14/h3-7,9-10H,1,8,11H2,2H3,(H,15,16). The summed E-state index contributed by atoms with van der Waals surface area (Å²) in [4.78, 5) is 0.149. The Kier molecular flexibility index (Phi) is 4.77. The van der Waals surface area contributed by atoms with E-state index in [2.05, 4.69) is 16.8 Å². The van der Waals surface area contributed by atoms with Crippen LogP contribution in [0.4, 0.5) is 0 Å². The fourth-order valence-electron chi connectivity index (χ4n) is 1.75. The maximum absolute atomic E-state index is 12.2. The van der Waals surface area contributed by atoms with Crippen molar-refractivity contribution in [3.63, 3.8) is 0 Å². The van der Waals surface area contributed by atoms with Gasteiger partial charge < -0.3 is 4.74 Å². The molecule has 0 amide bonds. The van der Waals surface area contributed by atoms with Crippen LogP contribution >= 0.6 is 0 Å². The summed E-state index contributed by atoms with van der Waals surface area (Å²) in [5.74, 6) is 0.721. The fraction of sp³-hybridized carbons (Fsp3) is 0.214. The van der Waals surface area contributed by atoms with Gasteiger partial charge in [0.25, 0.3) is 0 Å². The molecule has 0 radical (unpaired) electrons. The third kappa shape index (κ3) is 3.71. The lowest BCUT2D eigenvalue weighted by atomic mass is 10.2. The van der Waals surface area contributed by atoms with Crippen molar-refractivity contribution in [2.75, 3.05) is 13.7 Å². The molecule has 112 valence electrons. The third-order valence-corrected chi connectivity index (χ3v) is 4.65. The van der Waals surface area contributed by atoms with Crippen molar-refractivity contribution in [3.8, 4) is 5.75 Å². The summed E-state index contributed by atoms with van der Waals surface area (Å²) in [6, 6.07) is 7.27. The minimum absolute atomic E-state index is 0.149. The first-order valence-corrected chi connectivity index (χ1v) is 7.76. The van der Waals surface area contributed by atoms with Crippen LogP contribution < -0.4 is 4.74 Å². The van der Waals surface area contributed by atoms with Crippen LogP contribution in [0.5, 0.6) is 5.75 Å². The van der Waals surface area contributed by atoms with Crippen molar-refractivity contribution in [2.45, 2.75) is 11.4 Å². The predicted molar refractivity (Wildman–Crippen MR) is 79.4 cm³/mol. The Balaban J connectivity index is 2.06. The first-order valence-electron chi connectivity index (χ1n) is 6.32. The fourth-order valence-corrected chi connectivity index (χ4v) is 2.81. The van der Waals surface area contributed by atoms with E-state index in [-0.39, 0.29) is 11.4 Å². The molecule has 0 aliphatic carbocycles. The van der Waals surface area contributed by atoms with Gasteiger partial charge in [0, 0.05) is 19.8 Å². The summed E-state index contributed by atoms with van der Waals surface area (Å²) in [5.41, 5.74) is 0.871. The maximum atomic E-state index is 12.2. The van der Waals surface area contributed by atoms with Crippen LogP contribution in [0.2, 0.25) is 0 Å². The van der Waals surface area contributed by atoms with Crippen LogP contribution in [-0.4, -0.2) is 36.6 Å². The van der Waals surface area contributed by atoms with Gasteiger partial charge in [0.15, 0.2) is 0 Å². The predicted octanol–water partition coefficient (Wildman–Crippen LogP) is 1.80. The van der Waals surface area contributed by atoms with Crippen LogP contribution in [-0.2, 0) is 16.6 Å². The number of aromatic nitrogens is 2. The van der Waals surface area contributed by atoms with Crippen LogP contribution in [0.25, 0.3) is 0 Å². The number of benzene rings is 1. The van der Waals surface area contributed by atoms with Crippen LogP contribution in [0, 0.1) is 0 Å². The van der Waals surface area contributed by atoms with Gasteiger partial charge in [-0.3, -0.25) is 5.10 Å². The normalized spacial score (nSPS) is 11.5. The number of sulfonamides is 1. The molecule has 1 heterocycles. The van der Waals surface area contributed by atoms with Crippen molar-refractivity contribution >= 4 is 10.0 Å². The Morgan fingerprint density at radius 1 is 1.38 bits per heavy atom. The van der Waals surface area contributed by atoms with Crippen molar-refractivity contribution in [1.82, 2.24) is 14.5 Å². The number of hydrogen-bond donors (Lipinski definition) is 1. The van der Waals surface area contributed by atoms with E-state index < -0.39 is 10.0 Å². The zero-order chi connectivity index (χ0) is 15.3. The van der Waals surface area contributed by atoms with Gasteiger partial charge in [-0.15, -0.1) is 0 Å². The number of aromatic amines is 1. The van der Waals surface area contributed by atoms with E-state index in [1.54, 1.807) is 18.2 Å². The number of nitrogens with zero attached hydrogens (tertiary/aromatic N) is 2. The van der Waals surface area contributed by atoms with E-state index in [0.717, 1.165) is 11.3 Å². The third-order valence-electron chi connectivity index (χ3n) is 2.88. The molecular weight excluding hydrogens is 290 g/mol. The van der Waals surface area contributed by atoms with E-state index in [0.29, 0.717) is 6.61 Å². The molecule has 1 aromatic carbocycles. The molecule has 6 nitrogen and oxygen atoms in total. The molecule has 0 aliphatic rings. The summed E-state index contributed by atoms with van der Waals surface area (Å²) in [6.45, 7) is 4.29. The molecule has 21 heavy (non-hydrogen) atoms. The molecule has 7 heteroatoms. The average molecular weight is 307 g/mol. The Morgan fingerprint density at radius 3 is 2.67 bits per heavy atom. The highest BCUT2D eigenvalue weighted by molar-refractivity contribution is 7.89. The lowest BCUT2D eigenvalue weighted by Crippen LogP contribution is -2.26. The largest absolute Gasteiger partial charge is 0.490 e. The molecule has 2 rings (SSSR count). The first-order chi connectivity index (χ1) is 10.0. The van der Waals surface area contributed by atoms with E-state index in [4.69, 9.17) is 4.74 Å². The highest BCUT2D eigenvalue weighted by Gasteiger charge is 2.21. The topological polar surface area (TPSA) is 75.3 Å². The number of ether oxygens (including phenoxy) is 1. The van der Waals surface area contributed by atoms with Gasteiger partial charge in [-0.05, 0) is 17.7 Å². The Morgan fingerprint density at radius 2 is 2.10 bits per heavy atom. The minimum Gasteiger partial charge on any atom is -0.490 e. The minimum atomic E-state index is -3.52.